The first-order valence-electron chi connectivity index (χ1n) is 11.6. The number of carbonyl (C=O) groups is 3. The fraction of sp³-hybridized carbons (Fsp3) is 0.500. The minimum atomic E-state index is -0.917. The third kappa shape index (κ3) is 9.22. The Morgan fingerprint density at radius 1 is 1.03 bits per heavy atom. The highest BCUT2D eigenvalue weighted by molar-refractivity contribution is 5.90. The van der Waals surface area contributed by atoms with Gasteiger partial charge in [0.1, 0.15) is 11.6 Å². The van der Waals surface area contributed by atoms with E-state index in [1.807, 2.05) is 49.4 Å². The first-order valence-corrected chi connectivity index (χ1v) is 11.6. The molecule has 0 heterocycles. The number of fused-ring (bicyclic) bond motifs is 1. The standard InChI is InChI=1S/C26H37N3O4/c1-5-6-15-28-25(32)22(17-18-11-12-19-9-7-8-10-20(19)16-18)29-24(31)21(27)13-14-23(30)33-26(2,3)4/h7-12,16,21-22H,5-6,13-15,17,27H2,1-4H3,(H,28,32)(H,29,31)/t21-,22+/m1/s1. The van der Waals surface area contributed by atoms with Gasteiger partial charge in [-0.2, -0.15) is 0 Å². The van der Waals surface area contributed by atoms with Crippen molar-refractivity contribution in [3.63, 3.8) is 0 Å². The Morgan fingerprint density at radius 3 is 2.39 bits per heavy atom. The van der Waals surface area contributed by atoms with Crippen LogP contribution in [0.3, 0.4) is 0 Å². The van der Waals surface area contributed by atoms with E-state index >= 15 is 0 Å². The molecule has 180 valence electrons. The molecule has 2 atom stereocenters. The second-order valence-corrected chi connectivity index (χ2v) is 9.32. The number of esters is 1. The molecule has 0 bridgehead atoms. The van der Waals surface area contributed by atoms with Gasteiger partial charge < -0.3 is 21.1 Å². The first-order chi connectivity index (χ1) is 15.6. The highest BCUT2D eigenvalue weighted by Crippen LogP contribution is 2.17. The largest absolute Gasteiger partial charge is 0.460 e. The molecule has 0 aliphatic heterocycles. The molecule has 7 heteroatoms. The Hall–Kier alpha value is -2.93. The van der Waals surface area contributed by atoms with Gasteiger partial charge in [-0.15, -0.1) is 0 Å². The van der Waals surface area contributed by atoms with Crippen LogP contribution >= 0.6 is 0 Å². The lowest BCUT2D eigenvalue weighted by molar-refractivity contribution is -0.155. The molecular weight excluding hydrogens is 418 g/mol. The van der Waals surface area contributed by atoms with Gasteiger partial charge in [-0.25, -0.2) is 0 Å². The summed E-state index contributed by atoms with van der Waals surface area (Å²) >= 11 is 0. The molecule has 0 aliphatic rings. The summed E-state index contributed by atoms with van der Waals surface area (Å²) in [4.78, 5) is 37.5. The van der Waals surface area contributed by atoms with E-state index in [2.05, 4.69) is 10.6 Å². The van der Waals surface area contributed by atoms with E-state index < -0.39 is 29.6 Å². The Balaban J connectivity index is 2.05. The zero-order chi connectivity index (χ0) is 24.4. The van der Waals surface area contributed by atoms with Gasteiger partial charge in [-0.05, 0) is 49.9 Å². The molecule has 0 unspecified atom stereocenters. The molecule has 2 rings (SSSR count). The molecule has 2 aromatic rings. The second kappa shape index (κ2) is 12.3. The molecule has 2 aromatic carbocycles. The van der Waals surface area contributed by atoms with Crippen LogP contribution in [0, 0.1) is 0 Å². The molecule has 33 heavy (non-hydrogen) atoms. The van der Waals surface area contributed by atoms with Crippen molar-refractivity contribution in [3.8, 4) is 0 Å². The average Bonchev–Trinajstić information content (AvgIpc) is 2.75. The summed E-state index contributed by atoms with van der Waals surface area (Å²) in [5.74, 6) is -1.12. The highest BCUT2D eigenvalue weighted by atomic mass is 16.6. The first kappa shape index (κ1) is 26.3. The maximum absolute atomic E-state index is 12.8. The monoisotopic (exact) mass is 455 g/mol. The van der Waals surface area contributed by atoms with E-state index in [1.54, 1.807) is 20.8 Å². The third-order valence-electron chi connectivity index (χ3n) is 5.13. The number of carbonyl (C=O) groups excluding carboxylic acids is 3. The minimum absolute atomic E-state index is 0.0316. The van der Waals surface area contributed by atoms with Gasteiger partial charge in [0.05, 0.1) is 6.04 Å². The van der Waals surface area contributed by atoms with Gasteiger partial charge in [-0.1, -0.05) is 55.8 Å². The molecule has 7 nitrogen and oxygen atoms in total. The van der Waals surface area contributed by atoms with Crippen LogP contribution in [0.5, 0.6) is 0 Å². The summed E-state index contributed by atoms with van der Waals surface area (Å²) < 4.78 is 5.27. The van der Waals surface area contributed by atoms with Crippen molar-refractivity contribution >= 4 is 28.6 Å². The summed E-state index contributed by atoms with van der Waals surface area (Å²) in [6.07, 6.45) is 2.33. The molecule has 0 fully saturated rings. The van der Waals surface area contributed by atoms with Crippen LogP contribution in [0.4, 0.5) is 0 Å². The number of rotatable bonds is 11. The fourth-order valence-corrected chi connectivity index (χ4v) is 3.40. The zero-order valence-corrected chi connectivity index (χ0v) is 20.1. The number of hydrogen-bond acceptors (Lipinski definition) is 5. The van der Waals surface area contributed by atoms with E-state index in [0.29, 0.717) is 13.0 Å². The third-order valence-corrected chi connectivity index (χ3v) is 5.13. The van der Waals surface area contributed by atoms with Crippen LogP contribution in [-0.4, -0.2) is 42.0 Å². The van der Waals surface area contributed by atoms with Crippen molar-refractivity contribution in [1.29, 1.82) is 0 Å². The molecule has 0 saturated carbocycles. The van der Waals surface area contributed by atoms with E-state index in [-0.39, 0.29) is 18.7 Å². The topological polar surface area (TPSA) is 111 Å². The maximum Gasteiger partial charge on any atom is 0.306 e. The van der Waals surface area contributed by atoms with Crippen LogP contribution < -0.4 is 16.4 Å². The number of unbranched alkanes of at least 4 members (excludes halogenated alkanes) is 1. The lowest BCUT2D eigenvalue weighted by Crippen LogP contribution is -2.52. The normalized spacial score (nSPS) is 13.2. The summed E-state index contributed by atoms with van der Waals surface area (Å²) in [5, 5.41) is 7.86. The van der Waals surface area contributed by atoms with Crippen molar-refractivity contribution in [2.24, 2.45) is 5.73 Å². The smallest absolute Gasteiger partial charge is 0.306 e. The van der Waals surface area contributed by atoms with Crippen molar-refractivity contribution in [1.82, 2.24) is 10.6 Å². The highest BCUT2D eigenvalue weighted by Gasteiger charge is 2.25. The van der Waals surface area contributed by atoms with Crippen LogP contribution in [0.25, 0.3) is 10.8 Å². The maximum atomic E-state index is 12.8. The van der Waals surface area contributed by atoms with E-state index in [9.17, 15) is 14.4 Å². The second-order valence-electron chi connectivity index (χ2n) is 9.32. The van der Waals surface area contributed by atoms with Gasteiger partial charge in [0, 0.05) is 19.4 Å². The summed E-state index contributed by atoms with van der Waals surface area (Å²) in [7, 11) is 0. The van der Waals surface area contributed by atoms with Gasteiger partial charge >= 0.3 is 5.97 Å². The molecular formula is C26H37N3O4. The van der Waals surface area contributed by atoms with Crippen LogP contribution in [-0.2, 0) is 25.5 Å². The molecule has 4 N–H and O–H groups in total. The average molecular weight is 456 g/mol. The van der Waals surface area contributed by atoms with E-state index in [0.717, 1.165) is 29.2 Å². The predicted molar refractivity (Wildman–Crippen MR) is 131 cm³/mol. The summed E-state index contributed by atoms with van der Waals surface area (Å²) in [6, 6.07) is 12.3. The molecule has 0 spiro atoms. The number of nitrogens with one attached hydrogen (secondary N) is 2. The number of ether oxygens (including phenoxy) is 1. The molecule has 0 radical (unpaired) electrons. The van der Waals surface area contributed by atoms with Gasteiger partial charge in [0.2, 0.25) is 11.8 Å². The van der Waals surface area contributed by atoms with Gasteiger partial charge in [-0.3, -0.25) is 14.4 Å². The van der Waals surface area contributed by atoms with Crippen LogP contribution in [0.15, 0.2) is 42.5 Å². The van der Waals surface area contributed by atoms with Gasteiger partial charge in [0.15, 0.2) is 0 Å². The van der Waals surface area contributed by atoms with Crippen LogP contribution in [0.2, 0.25) is 0 Å². The number of nitrogens with two attached hydrogens (primary N) is 1. The molecule has 2 amide bonds. The zero-order valence-electron chi connectivity index (χ0n) is 20.1. The number of hydrogen-bond donors (Lipinski definition) is 3. The predicted octanol–water partition coefficient (Wildman–Crippen LogP) is 3.23. The van der Waals surface area contributed by atoms with Crippen LogP contribution in [0.1, 0.15) is 58.9 Å². The van der Waals surface area contributed by atoms with E-state index in [4.69, 9.17) is 10.5 Å². The fourth-order valence-electron chi connectivity index (χ4n) is 3.40. The summed E-state index contributed by atoms with van der Waals surface area (Å²) in [5.41, 5.74) is 6.36. The van der Waals surface area contributed by atoms with E-state index in [1.165, 1.54) is 0 Å². The Morgan fingerprint density at radius 2 is 1.73 bits per heavy atom. The van der Waals surface area contributed by atoms with Crippen molar-refractivity contribution in [3.05, 3.63) is 48.0 Å². The minimum Gasteiger partial charge on any atom is -0.460 e. The number of benzene rings is 2. The molecule has 0 saturated heterocycles. The lowest BCUT2D eigenvalue weighted by Gasteiger charge is -2.22. The van der Waals surface area contributed by atoms with Gasteiger partial charge in [0.25, 0.3) is 0 Å². The SMILES string of the molecule is CCCCNC(=O)[C@H](Cc1ccc2ccccc2c1)NC(=O)[C@H](N)CCC(=O)OC(C)(C)C. The summed E-state index contributed by atoms with van der Waals surface area (Å²) in [6.45, 7) is 7.94. The lowest BCUT2D eigenvalue weighted by atomic mass is 10.0. The van der Waals surface area contributed by atoms with Crippen molar-refractivity contribution < 1.29 is 19.1 Å². The Kier molecular flexibility index (Phi) is 9.85. The molecule has 0 aromatic heterocycles. The quantitative estimate of drug-likeness (QED) is 0.356. The van der Waals surface area contributed by atoms with Crippen molar-refractivity contribution in [2.75, 3.05) is 6.54 Å². The van der Waals surface area contributed by atoms with Crippen molar-refractivity contribution in [2.45, 2.75) is 77.5 Å². The Labute approximate surface area is 196 Å². The Bertz CT molecular complexity index is 952. The number of amides is 2. The molecule has 0 aliphatic carbocycles.